The van der Waals surface area contributed by atoms with Gasteiger partial charge in [-0.05, 0) is 37.0 Å². The van der Waals surface area contributed by atoms with E-state index in [1.807, 2.05) is 0 Å². The molecule has 1 unspecified atom stereocenters. The van der Waals surface area contributed by atoms with Gasteiger partial charge >= 0.3 is 0 Å². The van der Waals surface area contributed by atoms with Gasteiger partial charge in [-0.2, -0.15) is 0 Å². The molecule has 0 fully saturated rings. The third-order valence-electron chi connectivity index (χ3n) is 2.65. The van der Waals surface area contributed by atoms with Gasteiger partial charge in [0.1, 0.15) is 0 Å². The zero-order valence-corrected chi connectivity index (χ0v) is 8.21. The van der Waals surface area contributed by atoms with Crippen LogP contribution in [-0.4, -0.2) is 11.7 Å². The average Bonchev–Trinajstić information content (AvgIpc) is 2.06. The molecule has 0 saturated carbocycles. The fraction of sp³-hybridized carbons (Fsp3) is 0.818. The smallest absolute Gasteiger partial charge is 0.0482 e. The lowest BCUT2D eigenvalue weighted by Crippen LogP contribution is -2.21. The summed E-state index contributed by atoms with van der Waals surface area (Å²) in [5.74, 6) is 0.803. The zero-order chi connectivity index (χ0) is 9.03. The Bertz CT molecular complexity index is 158. The van der Waals surface area contributed by atoms with Crippen LogP contribution >= 0.6 is 0 Å². The molecule has 0 saturated heterocycles. The van der Waals surface area contributed by atoms with Crippen LogP contribution in [0.2, 0.25) is 0 Å². The molecule has 0 aromatic heterocycles. The van der Waals surface area contributed by atoms with Gasteiger partial charge in [0.15, 0.2) is 0 Å². The van der Waals surface area contributed by atoms with Crippen molar-refractivity contribution in [3.05, 3.63) is 12.2 Å². The molecule has 70 valence electrons. The molecule has 0 aliphatic heterocycles. The van der Waals surface area contributed by atoms with Crippen molar-refractivity contribution >= 4 is 0 Å². The molecular formula is C11H20O. The average molecular weight is 168 g/mol. The third-order valence-corrected chi connectivity index (χ3v) is 2.65. The highest BCUT2D eigenvalue weighted by atomic mass is 16.3. The molecule has 0 aromatic carbocycles. The summed E-state index contributed by atoms with van der Waals surface area (Å²) in [6.07, 6.45) is 9.45. The lowest BCUT2D eigenvalue weighted by molar-refractivity contribution is 0.127. The van der Waals surface area contributed by atoms with Crippen LogP contribution in [0.4, 0.5) is 0 Å². The number of aliphatic hydroxyl groups excluding tert-OH is 1. The Morgan fingerprint density at radius 3 is 2.67 bits per heavy atom. The van der Waals surface area contributed by atoms with Gasteiger partial charge in [-0.25, -0.2) is 0 Å². The van der Waals surface area contributed by atoms with Gasteiger partial charge in [-0.15, -0.1) is 0 Å². The van der Waals surface area contributed by atoms with Crippen molar-refractivity contribution in [1.82, 2.24) is 0 Å². The van der Waals surface area contributed by atoms with Crippen molar-refractivity contribution < 1.29 is 5.11 Å². The Labute approximate surface area is 75.5 Å². The molecule has 0 radical (unpaired) electrons. The molecule has 0 aromatic rings. The standard InChI is InChI=1S/C11H20O/c1-11(2,9-12)8-10-6-4-3-5-7-10/h3-4,10,12H,5-9H2,1-2H3. The molecule has 12 heavy (non-hydrogen) atoms. The number of hydrogen-bond donors (Lipinski definition) is 1. The summed E-state index contributed by atoms with van der Waals surface area (Å²) in [6.45, 7) is 4.60. The van der Waals surface area contributed by atoms with Crippen molar-refractivity contribution in [3.63, 3.8) is 0 Å². The van der Waals surface area contributed by atoms with Gasteiger partial charge in [0.05, 0.1) is 0 Å². The summed E-state index contributed by atoms with van der Waals surface area (Å²) in [4.78, 5) is 0. The molecule has 0 bridgehead atoms. The molecule has 1 aliphatic carbocycles. The van der Waals surface area contributed by atoms with Crippen LogP contribution in [0.1, 0.15) is 39.5 Å². The molecule has 1 aliphatic rings. The van der Waals surface area contributed by atoms with E-state index in [0.29, 0.717) is 6.61 Å². The molecule has 0 amide bonds. The van der Waals surface area contributed by atoms with E-state index in [1.54, 1.807) is 0 Å². The van der Waals surface area contributed by atoms with Crippen molar-refractivity contribution in [1.29, 1.82) is 0 Å². The minimum Gasteiger partial charge on any atom is -0.396 e. The second-order valence-electron chi connectivity index (χ2n) is 4.68. The maximum absolute atomic E-state index is 9.11. The monoisotopic (exact) mass is 168 g/mol. The van der Waals surface area contributed by atoms with Gasteiger partial charge in [0, 0.05) is 6.61 Å². The molecule has 1 nitrogen and oxygen atoms in total. The van der Waals surface area contributed by atoms with E-state index in [1.165, 1.54) is 19.3 Å². The number of allylic oxidation sites excluding steroid dienone is 2. The van der Waals surface area contributed by atoms with Crippen molar-refractivity contribution in [3.8, 4) is 0 Å². The Morgan fingerprint density at radius 1 is 1.42 bits per heavy atom. The highest BCUT2D eigenvalue weighted by Crippen LogP contribution is 2.31. The van der Waals surface area contributed by atoms with E-state index in [0.717, 1.165) is 12.3 Å². The van der Waals surface area contributed by atoms with E-state index < -0.39 is 0 Å². The molecule has 0 heterocycles. The highest BCUT2D eigenvalue weighted by molar-refractivity contribution is 4.91. The fourth-order valence-corrected chi connectivity index (χ4v) is 1.89. The van der Waals surface area contributed by atoms with Crippen molar-refractivity contribution in [2.24, 2.45) is 11.3 Å². The van der Waals surface area contributed by atoms with Crippen LogP contribution < -0.4 is 0 Å². The Hall–Kier alpha value is -0.300. The Morgan fingerprint density at radius 2 is 2.17 bits per heavy atom. The Balaban J connectivity index is 2.35. The first-order chi connectivity index (χ1) is 5.64. The van der Waals surface area contributed by atoms with Crippen LogP contribution in [0.3, 0.4) is 0 Å². The molecule has 1 N–H and O–H groups in total. The predicted molar refractivity (Wildman–Crippen MR) is 52.0 cm³/mol. The topological polar surface area (TPSA) is 20.2 Å². The number of hydrogen-bond acceptors (Lipinski definition) is 1. The summed E-state index contributed by atoms with van der Waals surface area (Å²) in [6, 6.07) is 0. The van der Waals surface area contributed by atoms with Crippen LogP contribution in [-0.2, 0) is 0 Å². The normalized spacial score (nSPS) is 24.4. The highest BCUT2D eigenvalue weighted by Gasteiger charge is 2.22. The second-order valence-corrected chi connectivity index (χ2v) is 4.68. The quantitative estimate of drug-likeness (QED) is 0.642. The number of rotatable bonds is 3. The minimum atomic E-state index is 0.121. The van der Waals surface area contributed by atoms with Crippen LogP contribution in [0.15, 0.2) is 12.2 Å². The van der Waals surface area contributed by atoms with Crippen LogP contribution in [0.25, 0.3) is 0 Å². The maximum atomic E-state index is 9.11. The molecule has 1 heteroatoms. The molecule has 1 atom stereocenters. The zero-order valence-electron chi connectivity index (χ0n) is 8.21. The fourth-order valence-electron chi connectivity index (χ4n) is 1.89. The number of aliphatic hydroxyl groups is 1. The van der Waals surface area contributed by atoms with Gasteiger partial charge in [-0.1, -0.05) is 26.0 Å². The summed E-state index contributed by atoms with van der Waals surface area (Å²) in [7, 11) is 0. The molecular weight excluding hydrogens is 148 g/mol. The van der Waals surface area contributed by atoms with E-state index in [-0.39, 0.29) is 5.41 Å². The van der Waals surface area contributed by atoms with Crippen molar-refractivity contribution in [2.75, 3.05) is 6.61 Å². The van der Waals surface area contributed by atoms with E-state index in [2.05, 4.69) is 26.0 Å². The SMILES string of the molecule is CC(C)(CO)CC1CC=CCC1. The molecule has 0 spiro atoms. The van der Waals surface area contributed by atoms with Gasteiger partial charge in [0.2, 0.25) is 0 Å². The lowest BCUT2D eigenvalue weighted by Gasteiger charge is -2.28. The van der Waals surface area contributed by atoms with Crippen LogP contribution in [0.5, 0.6) is 0 Å². The van der Waals surface area contributed by atoms with Gasteiger partial charge < -0.3 is 5.11 Å². The lowest BCUT2D eigenvalue weighted by atomic mass is 9.79. The van der Waals surface area contributed by atoms with E-state index >= 15 is 0 Å². The van der Waals surface area contributed by atoms with E-state index in [9.17, 15) is 0 Å². The maximum Gasteiger partial charge on any atom is 0.0482 e. The molecule has 1 rings (SSSR count). The minimum absolute atomic E-state index is 0.121. The summed E-state index contributed by atoms with van der Waals surface area (Å²) in [5.41, 5.74) is 0.121. The summed E-state index contributed by atoms with van der Waals surface area (Å²) in [5, 5.41) is 9.11. The summed E-state index contributed by atoms with van der Waals surface area (Å²) < 4.78 is 0. The summed E-state index contributed by atoms with van der Waals surface area (Å²) >= 11 is 0. The second kappa shape index (κ2) is 4.08. The first-order valence-electron chi connectivity index (χ1n) is 4.90. The Kier molecular flexibility index (Phi) is 3.33. The third kappa shape index (κ3) is 2.98. The van der Waals surface area contributed by atoms with Crippen LogP contribution in [0, 0.1) is 11.3 Å². The van der Waals surface area contributed by atoms with Crippen molar-refractivity contribution in [2.45, 2.75) is 39.5 Å². The van der Waals surface area contributed by atoms with E-state index in [4.69, 9.17) is 5.11 Å². The first-order valence-corrected chi connectivity index (χ1v) is 4.90. The van der Waals surface area contributed by atoms with Gasteiger partial charge in [-0.3, -0.25) is 0 Å². The largest absolute Gasteiger partial charge is 0.396 e. The predicted octanol–water partition coefficient (Wildman–Crippen LogP) is 2.75. The first kappa shape index (κ1) is 9.79. The van der Waals surface area contributed by atoms with Gasteiger partial charge in [0.25, 0.3) is 0 Å².